The number of para-hydroxylation sites is 3. The molecule has 76 heavy (non-hydrogen) atoms. The molecule has 0 N–H and O–H groups in total. The van der Waals surface area contributed by atoms with Gasteiger partial charge in [0.05, 0.1) is 16.8 Å². The molecule has 0 amide bonds. The predicted octanol–water partition coefficient (Wildman–Crippen LogP) is 20.0. The van der Waals surface area contributed by atoms with Gasteiger partial charge in [0, 0.05) is 49.5 Å². The maximum atomic E-state index is 6.70. The molecule has 0 unspecified atom stereocenters. The number of hydrogen-bond donors (Lipinski definition) is 0. The van der Waals surface area contributed by atoms with Crippen LogP contribution in [0.2, 0.25) is 0 Å². The minimum Gasteiger partial charge on any atom is -0.456 e. The van der Waals surface area contributed by atoms with Crippen LogP contribution in [0.1, 0.15) is 22.3 Å². The van der Waals surface area contributed by atoms with E-state index in [1.54, 1.807) is 0 Å². The Bertz CT molecular complexity index is 4460. The van der Waals surface area contributed by atoms with Gasteiger partial charge >= 0.3 is 0 Å². The fraction of sp³-hybridized carbons (Fsp3) is 0.0137. The summed E-state index contributed by atoms with van der Waals surface area (Å²) in [6.07, 6.45) is 0. The van der Waals surface area contributed by atoms with Gasteiger partial charge in [-0.1, -0.05) is 224 Å². The van der Waals surface area contributed by atoms with Gasteiger partial charge in [0.15, 0.2) is 0 Å². The lowest BCUT2D eigenvalue weighted by molar-refractivity contribution is 0.668. The molecular formula is C73H47NO2. The molecule has 0 radical (unpaired) electrons. The van der Waals surface area contributed by atoms with Crippen molar-refractivity contribution in [3.05, 3.63) is 307 Å². The highest BCUT2D eigenvalue weighted by atomic mass is 16.3. The van der Waals surface area contributed by atoms with Crippen molar-refractivity contribution >= 4 is 60.9 Å². The Kier molecular flexibility index (Phi) is 10.1. The molecule has 356 valence electrons. The van der Waals surface area contributed by atoms with Crippen LogP contribution < -0.4 is 4.90 Å². The smallest absolute Gasteiger partial charge is 0.136 e. The minimum absolute atomic E-state index is 0.564. The molecular weight excluding hydrogens is 923 g/mol. The highest BCUT2D eigenvalue weighted by Crippen LogP contribution is 2.60. The second-order valence-electron chi connectivity index (χ2n) is 19.8. The molecule has 2 heterocycles. The first-order valence-electron chi connectivity index (χ1n) is 26.1. The molecule has 0 saturated carbocycles. The van der Waals surface area contributed by atoms with E-state index in [0.29, 0.717) is 0 Å². The fourth-order valence-electron chi connectivity index (χ4n) is 12.7. The van der Waals surface area contributed by atoms with E-state index in [9.17, 15) is 0 Å². The van der Waals surface area contributed by atoms with Crippen molar-refractivity contribution in [3.63, 3.8) is 0 Å². The summed E-state index contributed by atoms with van der Waals surface area (Å²) in [5.74, 6) is 0. The largest absolute Gasteiger partial charge is 0.456 e. The quantitative estimate of drug-likeness (QED) is 0.144. The molecule has 0 bridgehead atoms. The van der Waals surface area contributed by atoms with Crippen molar-refractivity contribution in [1.29, 1.82) is 0 Å². The topological polar surface area (TPSA) is 29.5 Å². The van der Waals surface area contributed by atoms with Crippen molar-refractivity contribution in [2.75, 3.05) is 4.90 Å². The third-order valence-corrected chi connectivity index (χ3v) is 15.8. The first-order chi connectivity index (χ1) is 37.7. The molecule has 3 nitrogen and oxygen atoms in total. The summed E-state index contributed by atoms with van der Waals surface area (Å²) >= 11 is 0. The molecule has 3 heteroatoms. The Balaban J connectivity index is 0.993. The molecule has 0 spiro atoms. The van der Waals surface area contributed by atoms with E-state index >= 15 is 0 Å². The molecule has 0 fully saturated rings. The molecule has 1 aliphatic carbocycles. The zero-order valence-corrected chi connectivity index (χ0v) is 41.4. The summed E-state index contributed by atoms with van der Waals surface area (Å²) in [6.45, 7) is 0. The molecule has 15 rings (SSSR count). The highest BCUT2D eigenvalue weighted by Gasteiger charge is 2.47. The van der Waals surface area contributed by atoms with Gasteiger partial charge in [-0.2, -0.15) is 0 Å². The molecule has 1 aliphatic rings. The van der Waals surface area contributed by atoms with Gasteiger partial charge in [-0.3, -0.25) is 0 Å². The van der Waals surface area contributed by atoms with Gasteiger partial charge in [-0.15, -0.1) is 0 Å². The number of nitrogens with zero attached hydrogens (tertiary/aromatic N) is 1. The Morgan fingerprint density at radius 2 is 0.711 bits per heavy atom. The third-order valence-electron chi connectivity index (χ3n) is 15.8. The number of anilines is 3. The van der Waals surface area contributed by atoms with E-state index in [-0.39, 0.29) is 0 Å². The summed E-state index contributed by atoms with van der Waals surface area (Å²) in [5.41, 5.74) is 22.5. The van der Waals surface area contributed by atoms with Crippen LogP contribution in [-0.2, 0) is 5.41 Å². The van der Waals surface area contributed by atoms with Crippen LogP contribution in [0.3, 0.4) is 0 Å². The Morgan fingerprint density at radius 3 is 1.30 bits per heavy atom. The fourth-order valence-corrected chi connectivity index (χ4v) is 12.7. The number of fused-ring (bicyclic) bond motifs is 9. The molecule has 0 saturated heterocycles. The van der Waals surface area contributed by atoms with E-state index in [0.717, 1.165) is 105 Å². The maximum Gasteiger partial charge on any atom is 0.136 e. The normalized spacial score (nSPS) is 12.6. The van der Waals surface area contributed by atoms with Gasteiger partial charge in [0.1, 0.15) is 22.3 Å². The van der Waals surface area contributed by atoms with E-state index in [2.05, 4.69) is 284 Å². The number of benzene rings is 12. The predicted molar refractivity (Wildman–Crippen MR) is 315 cm³/mol. The van der Waals surface area contributed by atoms with Crippen molar-refractivity contribution in [2.24, 2.45) is 0 Å². The van der Waals surface area contributed by atoms with Crippen LogP contribution in [-0.4, -0.2) is 0 Å². The summed E-state index contributed by atoms with van der Waals surface area (Å²) in [5, 5.41) is 4.35. The Hall–Kier alpha value is -9.96. The molecule has 14 aromatic rings. The summed E-state index contributed by atoms with van der Waals surface area (Å²) in [7, 11) is 0. The first kappa shape index (κ1) is 43.6. The van der Waals surface area contributed by atoms with Crippen LogP contribution in [0, 0.1) is 0 Å². The molecule has 2 aromatic heterocycles. The summed E-state index contributed by atoms with van der Waals surface area (Å²) in [4.78, 5) is 2.49. The third kappa shape index (κ3) is 6.62. The lowest BCUT2D eigenvalue weighted by Crippen LogP contribution is -2.28. The van der Waals surface area contributed by atoms with Crippen LogP contribution >= 0.6 is 0 Å². The molecule has 0 aliphatic heterocycles. The van der Waals surface area contributed by atoms with Crippen molar-refractivity contribution in [1.82, 2.24) is 0 Å². The van der Waals surface area contributed by atoms with Crippen LogP contribution in [0.5, 0.6) is 0 Å². The van der Waals surface area contributed by atoms with Gasteiger partial charge in [0.25, 0.3) is 0 Å². The van der Waals surface area contributed by atoms with E-state index < -0.39 is 5.41 Å². The van der Waals surface area contributed by atoms with Crippen molar-refractivity contribution in [3.8, 4) is 55.6 Å². The monoisotopic (exact) mass is 969 g/mol. The van der Waals surface area contributed by atoms with Crippen LogP contribution in [0.4, 0.5) is 17.1 Å². The average Bonchev–Trinajstić information content (AvgIpc) is 4.34. The average molecular weight is 970 g/mol. The minimum atomic E-state index is -0.564. The lowest BCUT2D eigenvalue weighted by atomic mass is 9.68. The standard InChI is InChI=1S/C73H47NO2/c1-5-22-48(23-6-1)54-30-14-18-36-62(54)74(63-37-21-35-61-70(63)57-31-13-17-34-60(57)73(61,51-26-9-3-10-27-51)52-28-11-4-12-29-52)53-42-40-50(41-43-53)69-56(45-47-67-72(69)59-33-16-20-39-65(59)76-67)55-44-46-66-71(58-32-15-19-38-64(58)75-66)68(55)49-24-7-2-8-25-49/h1-47H. The summed E-state index contributed by atoms with van der Waals surface area (Å²) in [6, 6.07) is 103. The van der Waals surface area contributed by atoms with E-state index in [1.165, 1.54) is 33.4 Å². The number of hydrogen-bond acceptors (Lipinski definition) is 3. The van der Waals surface area contributed by atoms with Crippen molar-refractivity contribution < 1.29 is 8.83 Å². The zero-order valence-electron chi connectivity index (χ0n) is 41.4. The van der Waals surface area contributed by atoms with E-state index in [1.807, 2.05) is 6.07 Å². The Morgan fingerprint density at radius 1 is 0.263 bits per heavy atom. The van der Waals surface area contributed by atoms with Gasteiger partial charge in [-0.05, 0) is 116 Å². The van der Waals surface area contributed by atoms with Crippen LogP contribution in [0.25, 0.3) is 99.5 Å². The maximum absolute atomic E-state index is 6.70. The second kappa shape index (κ2) is 17.6. The van der Waals surface area contributed by atoms with Crippen LogP contribution in [0.15, 0.2) is 294 Å². The van der Waals surface area contributed by atoms with Crippen molar-refractivity contribution in [2.45, 2.75) is 5.41 Å². The molecule has 0 atom stereocenters. The number of furan rings is 2. The SMILES string of the molecule is c1ccc(-c2ccccc2N(c2ccc(-c3c(-c4ccc5oc6ccccc6c5c4-c4ccccc4)ccc4oc5ccccc5c34)cc2)c2cccc3c2-c2ccccc2C3(c2ccccc2)c2ccccc2)cc1. The van der Waals surface area contributed by atoms with Gasteiger partial charge in [-0.25, -0.2) is 0 Å². The van der Waals surface area contributed by atoms with Gasteiger partial charge < -0.3 is 13.7 Å². The molecule has 12 aromatic carbocycles. The zero-order chi connectivity index (χ0) is 50.2. The van der Waals surface area contributed by atoms with Gasteiger partial charge in [0.2, 0.25) is 0 Å². The lowest BCUT2D eigenvalue weighted by Gasteiger charge is -2.34. The van der Waals surface area contributed by atoms with E-state index in [4.69, 9.17) is 8.83 Å². The Labute approximate surface area is 440 Å². The first-order valence-corrected chi connectivity index (χ1v) is 26.1. The highest BCUT2D eigenvalue weighted by molar-refractivity contribution is 6.20. The summed E-state index contributed by atoms with van der Waals surface area (Å²) < 4.78 is 13.3. The second-order valence-corrected chi connectivity index (χ2v) is 19.8. The number of rotatable bonds is 9.